The first-order chi connectivity index (χ1) is 7.81. The number of carbonyl (C=O) groups is 1. The number of hydrogen-bond donors (Lipinski definition) is 3. The molecule has 2 amide bonds. The quantitative estimate of drug-likeness (QED) is 0.502. The van der Waals surface area contributed by atoms with E-state index in [0.717, 1.165) is 51.7 Å². The van der Waals surface area contributed by atoms with Crippen LogP contribution in [0.15, 0.2) is 0 Å². The summed E-state index contributed by atoms with van der Waals surface area (Å²) in [6.07, 6.45) is 7.87. The van der Waals surface area contributed by atoms with Gasteiger partial charge in [0.05, 0.1) is 0 Å². The number of unbranched alkanes of at least 4 members (excludes halogenated alkanes) is 5. The molecule has 0 rings (SSSR count). The van der Waals surface area contributed by atoms with E-state index in [-0.39, 0.29) is 6.03 Å². The molecule has 4 heteroatoms. The second-order valence-electron chi connectivity index (χ2n) is 4.09. The number of amides is 2. The second-order valence-corrected chi connectivity index (χ2v) is 4.09. The normalized spacial score (nSPS) is 10.1. The van der Waals surface area contributed by atoms with Crippen LogP contribution in [0.5, 0.6) is 0 Å². The van der Waals surface area contributed by atoms with Crippen molar-refractivity contribution < 1.29 is 4.79 Å². The van der Waals surface area contributed by atoms with Crippen molar-refractivity contribution in [3.63, 3.8) is 0 Å². The molecule has 0 fully saturated rings. The van der Waals surface area contributed by atoms with Gasteiger partial charge in [0.25, 0.3) is 0 Å². The van der Waals surface area contributed by atoms with Gasteiger partial charge in [0.15, 0.2) is 0 Å². The first kappa shape index (κ1) is 15.2. The van der Waals surface area contributed by atoms with E-state index in [1.165, 1.54) is 12.8 Å². The van der Waals surface area contributed by atoms with E-state index in [4.69, 9.17) is 5.73 Å². The number of hydrogen-bond acceptors (Lipinski definition) is 2. The standard InChI is InChI=1S/C12H27N3O/c1-2-3-7-10-14-12(16)15-11-8-5-4-6-9-13/h2-11,13H2,1H3,(H2,14,15,16). The Labute approximate surface area is 99.4 Å². The van der Waals surface area contributed by atoms with E-state index in [1.54, 1.807) is 0 Å². The maximum atomic E-state index is 11.3. The molecule has 0 radical (unpaired) electrons. The van der Waals surface area contributed by atoms with Crippen LogP contribution in [0, 0.1) is 0 Å². The van der Waals surface area contributed by atoms with Crippen molar-refractivity contribution in [2.75, 3.05) is 19.6 Å². The molecule has 16 heavy (non-hydrogen) atoms. The zero-order valence-corrected chi connectivity index (χ0v) is 10.6. The Balaban J connectivity index is 3.11. The van der Waals surface area contributed by atoms with Crippen molar-refractivity contribution in [2.24, 2.45) is 5.73 Å². The highest BCUT2D eigenvalue weighted by Crippen LogP contribution is 1.96. The van der Waals surface area contributed by atoms with Crippen LogP contribution in [0.1, 0.15) is 51.9 Å². The largest absolute Gasteiger partial charge is 0.338 e. The van der Waals surface area contributed by atoms with E-state index in [0.29, 0.717) is 0 Å². The van der Waals surface area contributed by atoms with Gasteiger partial charge in [-0.2, -0.15) is 0 Å². The van der Waals surface area contributed by atoms with Gasteiger partial charge in [0.2, 0.25) is 0 Å². The lowest BCUT2D eigenvalue weighted by Crippen LogP contribution is -2.36. The van der Waals surface area contributed by atoms with E-state index >= 15 is 0 Å². The molecule has 0 aliphatic carbocycles. The SMILES string of the molecule is CCCCCNC(=O)NCCCCCCN. The van der Waals surface area contributed by atoms with Gasteiger partial charge >= 0.3 is 6.03 Å². The third kappa shape index (κ3) is 11.3. The molecule has 96 valence electrons. The first-order valence-electron chi connectivity index (χ1n) is 6.53. The van der Waals surface area contributed by atoms with Crippen LogP contribution < -0.4 is 16.4 Å². The number of nitrogens with two attached hydrogens (primary N) is 1. The van der Waals surface area contributed by atoms with Crippen molar-refractivity contribution in [3.8, 4) is 0 Å². The summed E-state index contributed by atoms with van der Waals surface area (Å²) in [4.78, 5) is 11.3. The molecule has 0 aromatic carbocycles. The molecule has 0 saturated heterocycles. The van der Waals surface area contributed by atoms with Crippen LogP contribution in [0.25, 0.3) is 0 Å². The third-order valence-corrected chi connectivity index (χ3v) is 2.48. The van der Waals surface area contributed by atoms with E-state index in [1.807, 2.05) is 0 Å². The third-order valence-electron chi connectivity index (χ3n) is 2.48. The Bertz CT molecular complexity index is 162. The molecular formula is C12H27N3O. The number of nitrogens with one attached hydrogen (secondary N) is 2. The molecule has 4 N–H and O–H groups in total. The van der Waals surface area contributed by atoms with Gasteiger partial charge in [-0.25, -0.2) is 4.79 Å². The zero-order valence-electron chi connectivity index (χ0n) is 10.6. The molecule has 0 unspecified atom stereocenters. The summed E-state index contributed by atoms with van der Waals surface area (Å²) < 4.78 is 0. The average Bonchev–Trinajstić information content (AvgIpc) is 2.29. The Morgan fingerprint density at radius 3 is 2.06 bits per heavy atom. The van der Waals surface area contributed by atoms with Crippen LogP contribution in [-0.2, 0) is 0 Å². The van der Waals surface area contributed by atoms with Crippen molar-refractivity contribution in [3.05, 3.63) is 0 Å². The fraction of sp³-hybridized carbons (Fsp3) is 0.917. The monoisotopic (exact) mass is 229 g/mol. The summed E-state index contributed by atoms with van der Waals surface area (Å²) in [6, 6.07) is -0.0325. The molecule has 0 aliphatic rings. The maximum Gasteiger partial charge on any atom is 0.314 e. The summed E-state index contributed by atoms with van der Waals surface area (Å²) in [6.45, 7) is 4.48. The predicted molar refractivity (Wildman–Crippen MR) is 68.4 cm³/mol. The topological polar surface area (TPSA) is 67.2 Å². The second kappa shape index (κ2) is 12.3. The highest BCUT2D eigenvalue weighted by atomic mass is 16.2. The number of urea groups is 1. The Hall–Kier alpha value is -0.770. The van der Waals surface area contributed by atoms with Gasteiger partial charge in [-0.15, -0.1) is 0 Å². The molecule has 0 bridgehead atoms. The minimum atomic E-state index is -0.0325. The molecule has 0 heterocycles. The minimum absolute atomic E-state index is 0.0325. The fourth-order valence-corrected chi connectivity index (χ4v) is 1.46. The van der Waals surface area contributed by atoms with Gasteiger partial charge < -0.3 is 16.4 Å². The summed E-state index contributed by atoms with van der Waals surface area (Å²) in [7, 11) is 0. The Morgan fingerprint density at radius 1 is 0.938 bits per heavy atom. The molecule has 0 saturated carbocycles. The Morgan fingerprint density at radius 2 is 1.50 bits per heavy atom. The average molecular weight is 229 g/mol. The predicted octanol–water partition coefficient (Wildman–Crippen LogP) is 1.99. The lowest BCUT2D eigenvalue weighted by molar-refractivity contribution is 0.240. The summed E-state index contributed by atoms with van der Waals surface area (Å²) >= 11 is 0. The van der Waals surface area contributed by atoms with Crippen LogP contribution in [-0.4, -0.2) is 25.7 Å². The first-order valence-corrected chi connectivity index (χ1v) is 6.53. The van der Waals surface area contributed by atoms with Gasteiger partial charge in [0, 0.05) is 13.1 Å². The van der Waals surface area contributed by atoms with Crippen LogP contribution in [0.2, 0.25) is 0 Å². The van der Waals surface area contributed by atoms with Crippen LogP contribution >= 0.6 is 0 Å². The van der Waals surface area contributed by atoms with Crippen molar-refractivity contribution >= 4 is 6.03 Å². The Kier molecular flexibility index (Phi) is 11.7. The zero-order chi connectivity index (χ0) is 12.1. The van der Waals surface area contributed by atoms with Gasteiger partial charge in [-0.05, 0) is 25.8 Å². The summed E-state index contributed by atoms with van der Waals surface area (Å²) in [5.74, 6) is 0. The highest BCUT2D eigenvalue weighted by Gasteiger charge is 1.97. The highest BCUT2D eigenvalue weighted by molar-refractivity contribution is 5.73. The number of rotatable bonds is 10. The fourth-order valence-electron chi connectivity index (χ4n) is 1.46. The van der Waals surface area contributed by atoms with Gasteiger partial charge in [-0.3, -0.25) is 0 Å². The molecule has 0 aromatic heterocycles. The maximum absolute atomic E-state index is 11.3. The lowest BCUT2D eigenvalue weighted by atomic mass is 10.2. The molecular weight excluding hydrogens is 202 g/mol. The summed E-state index contributed by atoms with van der Waals surface area (Å²) in [5.41, 5.74) is 5.39. The van der Waals surface area contributed by atoms with E-state index in [2.05, 4.69) is 17.6 Å². The smallest absolute Gasteiger partial charge is 0.314 e. The molecule has 0 aliphatic heterocycles. The van der Waals surface area contributed by atoms with Crippen LogP contribution in [0.4, 0.5) is 4.79 Å². The van der Waals surface area contributed by atoms with Crippen molar-refractivity contribution in [2.45, 2.75) is 51.9 Å². The van der Waals surface area contributed by atoms with Crippen molar-refractivity contribution in [1.29, 1.82) is 0 Å². The number of carbonyl (C=O) groups excluding carboxylic acids is 1. The van der Waals surface area contributed by atoms with Gasteiger partial charge in [-0.1, -0.05) is 32.6 Å². The van der Waals surface area contributed by atoms with E-state index in [9.17, 15) is 4.79 Å². The minimum Gasteiger partial charge on any atom is -0.338 e. The van der Waals surface area contributed by atoms with Crippen LogP contribution in [0.3, 0.4) is 0 Å². The molecule has 0 aromatic rings. The summed E-state index contributed by atoms with van der Waals surface area (Å²) in [5, 5.41) is 5.70. The molecule has 0 atom stereocenters. The molecule has 4 nitrogen and oxygen atoms in total. The van der Waals surface area contributed by atoms with E-state index < -0.39 is 0 Å². The van der Waals surface area contributed by atoms with Gasteiger partial charge in [0.1, 0.15) is 0 Å². The lowest BCUT2D eigenvalue weighted by Gasteiger charge is -2.06. The van der Waals surface area contributed by atoms with Crippen molar-refractivity contribution in [1.82, 2.24) is 10.6 Å². The molecule has 0 spiro atoms.